The molecule has 0 bridgehead atoms. The van der Waals surface area contributed by atoms with Crippen LogP contribution in [0.25, 0.3) is 0 Å². The summed E-state index contributed by atoms with van der Waals surface area (Å²) >= 11 is 0. The molecule has 2 aromatic heterocycles. The Morgan fingerprint density at radius 2 is 2.25 bits per heavy atom. The molecule has 82 valence electrons. The van der Waals surface area contributed by atoms with Gasteiger partial charge in [-0.2, -0.15) is 5.10 Å². The average molecular weight is 216 g/mol. The van der Waals surface area contributed by atoms with E-state index in [1.54, 1.807) is 29.2 Å². The van der Waals surface area contributed by atoms with Crippen molar-refractivity contribution < 1.29 is 4.79 Å². The van der Waals surface area contributed by atoms with E-state index in [0.717, 1.165) is 13.0 Å². The number of carbonyl (C=O) groups excluding carboxylic acids is 1. The summed E-state index contributed by atoms with van der Waals surface area (Å²) in [5.41, 5.74) is 0.966. The summed E-state index contributed by atoms with van der Waals surface area (Å²) in [6.45, 7) is 2.78. The molecule has 0 aliphatic carbocycles. The van der Waals surface area contributed by atoms with E-state index < -0.39 is 0 Å². The van der Waals surface area contributed by atoms with E-state index in [-0.39, 0.29) is 5.78 Å². The van der Waals surface area contributed by atoms with Crippen LogP contribution in [0.1, 0.15) is 29.5 Å². The van der Waals surface area contributed by atoms with Crippen molar-refractivity contribution in [3.05, 3.63) is 42.2 Å². The van der Waals surface area contributed by atoms with Crippen LogP contribution in [0, 0.1) is 0 Å². The molecule has 0 radical (unpaired) electrons. The van der Waals surface area contributed by atoms with Gasteiger partial charge in [0.2, 0.25) is 5.78 Å². The molecule has 0 unspecified atom stereocenters. The molecule has 16 heavy (non-hydrogen) atoms. The smallest absolute Gasteiger partial charge is 0.229 e. The van der Waals surface area contributed by atoms with E-state index in [2.05, 4.69) is 15.1 Å². The highest BCUT2D eigenvalue weighted by Gasteiger charge is 2.14. The van der Waals surface area contributed by atoms with Gasteiger partial charge in [0.25, 0.3) is 0 Å². The maximum atomic E-state index is 12.1. The van der Waals surface area contributed by atoms with E-state index in [0.29, 0.717) is 11.4 Å². The van der Waals surface area contributed by atoms with Crippen LogP contribution in [0.2, 0.25) is 0 Å². The van der Waals surface area contributed by atoms with Gasteiger partial charge in [-0.25, -0.2) is 9.97 Å². The molecular weight excluding hydrogens is 204 g/mol. The Morgan fingerprint density at radius 3 is 2.94 bits per heavy atom. The number of aromatic nitrogens is 4. The van der Waals surface area contributed by atoms with Crippen LogP contribution in [-0.4, -0.2) is 25.5 Å². The Balaban J connectivity index is 2.31. The second kappa shape index (κ2) is 4.65. The summed E-state index contributed by atoms with van der Waals surface area (Å²) in [6.07, 6.45) is 5.49. The molecule has 0 aromatic carbocycles. The minimum absolute atomic E-state index is 0.117. The second-order valence-electron chi connectivity index (χ2n) is 3.36. The third kappa shape index (κ3) is 1.98. The molecule has 2 rings (SSSR count). The first-order valence-electron chi connectivity index (χ1n) is 5.15. The molecule has 0 aliphatic heterocycles. The predicted molar refractivity (Wildman–Crippen MR) is 58.0 cm³/mol. The molecule has 0 spiro atoms. The molecule has 2 heterocycles. The minimum atomic E-state index is -0.117. The van der Waals surface area contributed by atoms with Crippen molar-refractivity contribution in [2.45, 2.75) is 19.9 Å². The fourth-order valence-corrected chi connectivity index (χ4v) is 1.47. The molecule has 0 aliphatic rings. The van der Waals surface area contributed by atoms with Crippen LogP contribution in [0.3, 0.4) is 0 Å². The van der Waals surface area contributed by atoms with Crippen molar-refractivity contribution in [2.24, 2.45) is 0 Å². The summed E-state index contributed by atoms with van der Waals surface area (Å²) in [5.74, 6) is -0.117. The zero-order chi connectivity index (χ0) is 11.4. The maximum absolute atomic E-state index is 12.1. The first-order chi connectivity index (χ1) is 7.83. The summed E-state index contributed by atoms with van der Waals surface area (Å²) in [6, 6.07) is 3.31. The van der Waals surface area contributed by atoms with Gasteiger partial charge < -0.3 is 0 Å². The Morgan fingerprint density at radius 1 is 1.38 bits per heavy atom. The molecule has 5 heteroatoms. The van der Waals surface area contributed by atoms with E-state index >= 15 is 0 Å². The monoisotopic (exact) mass is 216 g/mol. The number of rotatable bonds is 4. The van der Waals surface area contributed by atoms with Gasteiger partial charge in [0.05, 0.1) is 0 Å². The standard InChI is InChI=1S/C11H12N4O/c1-2-7-15-10(4-6-14-15)11(16)9-3-5-12-8-13-9/h3-6,8H,2,7H2,1H3. The van der Waals surface area contributed by atoms with Gasteiger partial charge >= 0.3 is 0 Å². The van der Waals surface area contributed by atoms with Crippen molar-refractivity contribution in [1.82, 2.24) is 19.7 Å². The number of carbonyl (C=O) groups is 1. The van der Waals surface area contributed by atoms with Crippen molar-refractivity contribution in [2.75, 3.05) is 0 Å². The van der Waals surface area contributed by atoms with E-state index in [4.69, 9.17) is 0 Å². The molecule has 0 saturated carbocycles. The lowest BCUT2D eigenvalue weighted by Crippen LogP contribution is -2.12. The van der Waals surface area contributed by atoms with Crippen molar-refractivity contribution in [3.8, 4) is 0 Å². The van der Waals surface area contributed by atoms with Crippen LogP contribution in [0.5, 0.6) is 0 Å². The molecule has 5 nitrogen and oxygen atoms in total. The topological polar surface area (TPSA) is 60.7 Å². The molecule has 0 atom stereocenters. The first kappa shape index (κ1) is 10.5. The Bertz CT molecular complexity index is 478. The quantitative estimate of drug-likeness (QED) is 0.723. The first-order valence-corrected chi connectivity index (χ1v) is 5.15. The molecule has 2 aromatic rings. The SMILES string of the molecule is CCCn1nccc1C(=O)c1ccncn1. The van der Waals surface area contributed by atoms with Crippen LogP contribution >= 0.6 is 0 Å². The number of hydrogen-bond donors (Lipinski definition) is 0. The van der Waals surface area contributed by atoms with Gasteiger partial charge in [0, 0.05) is 18.9 Å². The Hall–Kier alpha value is -2.04. The highest BCUT2D eigenvalue weighted by atomic mass is 16.1. The number of hydrogen-bond acceptors (Lipinski definition) is 4. The van der Waals surface area contributed by atoms with Gasteiger partial charge in [0.15, 0.2) is 0 Å². The van der Waals surface area contributed by atoms with Gasteiger partial charge in [-0.3, -0.25) is 9.48 Å². The third-order valence-electron chi connectivity index (χ3n) is 2.20. The molecule has 0 fully saturated rings. The van der Waals surface area contributed by atoms with E-state index in [9.17, 15) is 4.79 Å². The summed E-state index contributed by atoms with van der Waals surface area (Å²) < 4.78 is 1.70. The highest BCUT2D eigenvalue weighted by molar-refractivity contribution is 6.06. The summed E-state index contributed by atoms with van der Waals surface area (Å²) in [7, 11) is 0. The van der Waals surface area contributed by atoms with Gasteiger partial charge in [0.1, 0.15) is 17.7 Å². The largest absolute Gasteiger partial charge is 0.285 e. The van der Waals surface area contributed by atoms with Gasteiger partial charge in [-0.05, 0) is 18.6 Å². The minimum Gasteiger partial charge on any atom is -0.285 e. The third-order valence-corrected chi connectivity index (χ3v) is 2.20. The van der Waals surface area contributed by atoms with Crippen molar-refractivity contribution in [3.63, 3.8) is 0 Å². The molecule has 0 saturated heterocycles. The predicted octanol–water partition coefficient (Wildman–Crippen LogP) is 1.31. The normalized spacial score (nSPS) is 10.3. The van der Waals surface area contributed by atoms with Crippen LogP contribution in [-0.2, 0) is 6.54 Å². The summed E-state index contributed by atoms with van der Waals surface area (Å²) in [4.78, 5) is 19.8. The second-order valence-corrected chi connectivity index (χ2v) is 3.36. The Kier molecular flexibility index (Phi) is 3.05. The lowest BCUT2D eigenvalue weighted by molar-refractivity contribution is 0.102. The number of aryl methyl sites for hydroxylation is 1. The maximum Gasteiger partial charge on any atom is 0.229 e. The van der Waals surface area contributed by atoms with Crippen LogP contribution in [0.15, 0.2) is 30.9 Å². The summed E-state index contributed by atoms with van der Waals surface area (Å²) in [5, 5.41) is 4.10. The van der Waals surface area contributed by atoms with Crippen LogP contribution in [0.4, 0.5) is 0 Å². The van der Waals surface area contributed by atoms with Crippen molar-refractivity contribution in [1.29, 1.82) is 0 Å². The fraction of sp³-hybridized carbons (Fsp3) is 0.273. The lowest BCUT2D eigenvalue weighted by Gasteiger charge is -2.04. The van der Waals surface area contributed by atoms with Gasteiger partial charge in [-0.15, -0.1) is 0 Å². The zero-order valence-corrected chi connectivity index (χ0v) is 9.00. The van der Waals surface area contributed by atoms with E-state index in [1.807, 2.05) is 6.92 Å². The fourth-order valence-electron chi connectivity index (χ4n) is 1.47. The highest BCUT2D eigenvalue weighted by Crippen LogP contribution is 2.06. The number of nitrogens with zero attached hydrogens (tertiary/aromatic N) is 4. The zero-order valence-electron chi connectivity index (χ0n) is 9.00. The van der Waals surface area contributed by atoms with Crippen LogP contribution < -0.4 is 0 Å². The molecule has 0 amide bonds. The van der Waals surface area contributed by atoms with E-state index in [1.165, 1.54) is 6.33 Å². The average Bonchev–Trinajstić information content (AvgIpc) is 2.78. The van der Waals surface area contributed by atoms with Gasteiger partial charge in [-0.1, -0.05) is 6.92 Å². The molecule has 0 N–H and O–H groups in total. The van der Waals surface area contributed by atoms with Crippen molar-refractivity contribution >= 4 is 5.78 Å². The molecular formula is C11H12N4O. The lowest BCUT2D eigenvalue weighted by atomic mass is 10.2. The Labute approximate surface area is 93.2 Å². The number of ketones is 1.